The van der Waals surface area contributed by atoms with Gasteiger partial charge >= 0.3 is 0 Å². The maximum absolute atomic E-state index is 12.0. The molecule has 1 heterocycles. The molecule has 2 aromatic carbocycles. The van der Waals surface area contributed by atoms with Crippen LogP contribution in [0.25, 0.3) is 0 Å². The Morgan fingerprint density at radius 2 is 1.70 bits per heavy atom. The standard InChI is InChI=1S/C18H20N2O3/c19-15-5-2-13(3-6-15)11-18(21)20-12-14-4-7-16-17(10-14)23-9-1-8-22-16/h2-7,10H,1,8-9,11-12,19H2,(H,20,21). The van der Waals surface area contributed by atoms with E-state index in [0.717, 1.165) is 29.0 Å². The summed E-state index contributed by atoms with van der Waals surface area (Å²) in [6, 6.07) is 13.1. The summed E-state index contributed by atoms with van der Waals surface area (Å²) >= 11 is 0. The number of carbonyl (C=O) groups excluding carboxylic acids is 1. The SMILES string of the molecule is Nc1ccc(CC(=O)NCc2ccc3c(c2)OCCCO3)cc1. The molecule has 5 nitrogen and oxygen atoms in total. The largest absolute Gasteiger partial charge is 0.490 e. The van der Waals surface area contributed by atoms with Gasteiger partial charge in [-0.05, 0) is 35.4 Å². The number of benzene rings is 2. The Bertz CT molecular complexity index is 683. The summed E-state index contributed by atoms with van der Waals surface area (Å²) in [5, 5.41) is 2.92. The molecule has 0 fully saturated rings. The summed E-state index contributed by atoms with van der Waals surface area (Å²) in [7, 11) is 0. The highest BCUT2D eigenvalue weighted by Crippen LogP contribution is 2.30. The van der Waals surface area contributed by atoms with Crippen molar-refractivity contribution in [1.82, 2.24) is 5.32 Å². The minimum atomic E-state index is -0.0260. The third-order valence-electron chi connectivity index (χ3n) is 3.65. The second-order valence-electron chi connectivity index (χ2n) is 5.53. The van der Waals surface area contributed by atoms with E-state index in [1.54, 1.807) is 12.1 Å². The van der Waals surface area contributed by atoms with E-state index in [9.17, 15) is 4.79 Å². The van der Waals surface area contributed by atoms with Gasteiger partial charge in [-0.15, -0.1) is 0 Å². The van der Waals surface area contributed by atoms with Crippen LogP contribution in [0.4, 0.5) is 5.69 Å². The van der Waals surface area contributed by atoms with E-state index >= 15 is 0 Å². The molecule has 1 amide bonds. The minimum absolute atomic E-state index is 0.0260. The Morgan fingerprint density at radius 1 is 1.00 bits per heavy atom. The number of nitrogen functional groups attached to an aromatic ring is 1. The molecule has 23 heavy (non-hydrogen) atoms. The molecule has 2 aromatic rings. The fraction of sp³-hybridized carbons (Fsp3) is 0.278. The van der Waals surface area contributed by atoms with Crippen LogP contribution in [0, 0.1) is 0 Å². The third-order valence-corrected chi connectivity index (χ3v) is 3.65. The summed E-state index contributed by atoms with van der Waals surface area (Å²) in [4.78, 5) is 12.0. The van der Waals surface area contributed by atoms with Gasteiger partial charge in [0, 0.05) is 18.7 Å². The molecule has 0 unspecified atom stereocenters. The normalized spacial score (nSPS) is 13.2. The van der Waals surface area contributed by atoms with Crippen LogP contribution in [0.1, 0.15) is 17.5 Å². The number of hydrogen-bond donors (Lipinski definition) is 2. The first kappa shape index (κ1) is 15.2. The number of nitrogens with two attached hydrogens (primary N) is 1. The minimum Gasteiger partial charge on any atom is -0.490 e. The number of ether oxygens (including phenoxy) is 2. The van der Waals surface area contributed by atoms with Crippen LogP contribution in [0.15, 0.2) is 42.5 Å². The molecular formula is C18H20N2O3. The van der Waals surface area contributed by atoms with Crippen molar-refractivity contribution >= 4 is 11.6 Å². The van der Waals surface area contributed by atoms with E-state index < -0.39 is 0 Å². The smallest absolute Gasteiger partial charge is 0.224 e. The molecule has 0 atom stereocenters. The molecule has 5 heteroatoms. The molecule has 0 bridgehead atoms. The van der Waals surface area contributed by atoms with E-state index in [-0.39, 0.29) is 5.91 Å². The van der Waals surface area contributed by atoms with Crippen LogP contribution in [-0.2, 0) is 17.8 Å². The highest BCUT2D eigenvalue weighted by molar-refractivity contribution is 5.78. The van der Waals surface area contributed by atoms with Gasteiger partial charge in [0.2, 0.25) is 5.91 Å². The quantitative estimate of drug-likeness (QED) is 0.850. The van der Waals surface area contributed by atoms with Crippen LogP contribution in [0.5, 0.6) is 11.5 Å². The first-order valence-corrected chi connectivity index (χ1v) is 7.70. The molecule has 120 valence electrons. The number of amides is 1. The Kier molecular flexibility index (Phi) is 4.66. The lowest BCUT2D eigenvalue weighted by atomic mass is 10.1. The molecule has 0 aromatic heterocycles. The van der Waals surface area contributed by atoms with Gasteiger partial charge in [0.1, 0.15) is 0 Å². The molecule has 1 aliphatic heterocycles. The number of fused-ring (bicyclic) bond motifs is 1. The van der Waals surface area contributed by atoms with Crippen LogP contribution in [0.2, 0.25) is 0 Å². The van der Waals surface area contributed by atoms with Crippen molar-refractivity contribution in [1.29, 1.82) is 0 Å². The summed E-state index contributed by atoms with van der Waals surface area (Å²) in [5.41, 5.74) is 8.26. The zero-order valence-corrected chi connectivity index (χ0v) is 12.9. The second-order valence-corrected chi connectivity index (χ2v) is 5.53. The number of anilines is 1. The molecule has 0 saturated carbocycles. The van der Waals surface area contributed by atoms with Gasteiger partial charge in [0.15, 0.2) is 11.5 Å². The Hall–Kier alpha value is -2.69. The van der Waals surface area contributed by atoms with E-state index in [2.05, 4.69) is 5.32 Å². The zero-order chi connectivity index (χ0) is 16.1. The Morgan fingerprint density at radius 3 is 2.48 bits per heavy atom. The Balaban J connectivity index is 1.56. The molecule has 0 radical (unpaired) electrons. The van der Waals surface area contributed by atoms with Crippen LogP contribution >= 0.6 is 0 Å². The highest BCUT2D eigenvalue weighted by atomic mass is 16.5. The number of rotatable bonds is 4. The van der Waals surface area contributed by atoms with Gasteiger partial charge < -0.3 is 20.5 Å². The fourth-order valence-electron chi connectivity index (χ4n) is 2.40. The van der Waals surface area contributed by atoms with Gasteiger partial charge in [-0.3, -0.25) is 4.79 Å². The maximum Gasteiger partial charge on any atom is 0.224 e. The van der Waals surface area contributed by atoms with E-state index in [1.807, 2.05) is 30.3 Å². The molecular weight excluding hydrogens is 292 g/mol. The third kappa shape index (κ3) is 4.16. The van der Waals surface area contributed by atoms with Crippen LogP contribution in [0.3, 0.4) is 0 Å². The topological polar surface area (TPSA) is 73.6 Å². The lowest BCUT2D eigenvalue weighted by Gasteiger charge is -2.10. The maximum atomic E-state index is 12.0. The molecule has 0 spiro atoms. The van der Waals surface area contributed by atoms with Crippen molar-refractivity contribution < 1.29 is 14.3 Å². The Labute approximate surface area is 135 Å². The van der Waals surface area contributed by atoms with E-state index in [0.29, 0.717) is 31.9 Å². The van der Waals surface area contributed by atoms with Gasteiger partial charge in [-0.2, -0.15) is 0 Å². The van der Waals surface area contributed by atoms with Crippen LogP contribution in [-0.4, -0.2) is 19.1 Å². The fourth-order valence-corrected chi connectivity index (χ4v) is 2.40. The summed E-state index contributed by atoms with van der Waals surface area (Å²) in [5.74, 6) is 1.48. The molecule has 3 N–H and O–H groups in total. The van der Waals surface area contributed by atoms with Crippen molar-refractivity contribution in [3.8, 4) is 11.5 Å². The van der Waals surface area contributed by atoms with Crippen molar-refractivity contribution in [2.75, 3.05) is 18.9 Å². The van der Waals surface area contributed by atoms with Crippen molar-refractivity contribution in [2.24, 2.45) is 0 Å². The number of carbonyl (C=O) groups is 1. The van der Waals surface area contributed by atoms with E-state index in [4.69, 9.17) is 15.2 Å². The number of hydrogen-bond acceptors (Lipinski definition) is 4. The number of nitrogens with one attached hydrogen (secondary N) is 1. The predicted octanol–water partition coefficient (Wildman–Crippen LogP) is 2.29. The van der Waals surface area contributed by atoms with Crippen LogP contribution < -0.4 is 20.5 Å². The lowest BCUT2D eigenvalue weighted by molar-refractivity contribution is -0.120. The van der Waals surface area contributed by atoms with Gasteiger partial charge in [-0.1, -0.05) is 18.2 Å². The molecule has 1 aliphatic rings. The molecule has 0 saturated heterocycles. The highest BCUT2D eigenvalue weighted by Gasteiger charge is 2.11. The van der Waals surface area contributed by atoms with E-state index in [1.165, 1.54) is 0 Å². The van der Waals surface area contributed by atoms with Crippen molar-refractivity contribution in [3.63, 3.8) is 0 Å². The van der Waals surface area contributed by atoms with Crippen molar-refractivity contribution in [2.45, 2.75) is 19.4 Å². The summed E-state index contributed by atoms with van der Waals surface area (Å²) in [6.07, 6.45) is 1.22. The lowest BCUT2D eigenvalue weighted by Crippen LogP contribution is -2.24. The predicted molar refractivity (Wildman–Crippen MR) is 88.5 cm³/mol. The molecule has 3 rings (SSSR count). The van der Waals surface area contributed by atoms with Gasteiger partial charge in [0.05, 0.1) is 19.6 Å². The van der Waals surface area contributed by atoms with Crippen molar-refractivity contribution in [3.05, 3.63) is 53.6 Å². The zero-order valence-electron chi connectivity index (χ0n) is 12.9. The molecule has 0 aliphatic carbocycles. The first-order valence-electron chi connectivity index (χ1n) is 7.70. The average Bonchev–Trinajstić information content (AvgIpc) is 2.80. The summed E-state index contributed by atoms with van der Waals surface area (Å²) < 4.78 is 11.2. The summed E-state index contributed by atoms with van der Waals surface area (Å²) in [6.45, 7) is 1.79. The first-order chi connectivity index (χ1) is 11.2. The van der Waals surface area contributed by atoms with Gasteiger partial charge in [0.25, 0.3) is 0 Å². The monoisotopic (exact) mass is 312 g/mol. The second kappa shape index (κ2) is 7.05. The van der Waals surface area contributed by atoms with Gasteiger partial charge in [-0.25, -0.2) is 0 Å². The average molecular weight is 312 g/mol.